The lowest BCUT2D eigenvalue weighted by Crippen LogP contribution is -2.23. The van der Waals surface area contributed by atoms with Gasteiger partial charge in [0.25, 0.3) is 0 Å². The molecule has 3 aromatic rings. The molecule has 2 atom stereocenters. The number of aliphatic hydroxyl groups is 1. The maximum absolute atomic E-state index is 13.4. The molecule has 0 amide bonds. The largest absolute Gasteiger partial charge is 0.388 e. The van der Waals surface area contributed by atoms with E-state index in [1.807, 2.05) is 30.3 Å². The van der Waals surface area contributed by atoms with Crippen molar-refractivity contribution in [2.24, 2.45) is 0 Å². The molecule has 1 aliphatic rings. The van der Waals surface area contributed by atoms with Gasteiger partial charge in [-0.05, 0) is 12.1 Å². The Labute approximate surface area is 126 Å². The maximum Gasteiger partial charge on any atom is 0.225 e. The first-order valence-electron chi connectivity index (χ1n) is 7.18. The van der Waals surface area contributed by atoms with Crippen LogP contribution >= 0.6 is 0 Å². The van der Waals surface area contributed by atoms with Crippen LogP contribution in [0.2, 0.25) is 0 Å². The zero-order valence-electron chi connectivity index (χ0n) is 11.8. The van der Waals surface area contributed by atoms with Crippen LogP contribution in [0.3, 0.4) is 0 Å². The van der Waals surface area contributed by atoms with E-state index < -0.39 is 12.3 Å². The SMILES string of the molecule is OC1CN(c2ncc(-c3cc4ccccc4[nH]3)cn2)CC1F. The lowest BCUT2D eigenvalue weighted by atomic mass is 10.2. The Hall–Kier alpha value is -2.47. The summed E-state index contributed by atoms with van der Waals surface area (Å²) in [4.78, 5) is 13.6. The van der Waals surface area contributed by atoms with E-state index in [1.165, 1.54) is 0 Å². The summed E-state index contributed by atoms with van der Waals surface area (Å²) >= 11 is 0. The number of β-amino-alcohol motifs (C(OH)–C–C–N with tert-alkyl or cyclic N) is 1. The van der Waals surface area contributed by atoms with Gasteiger partial charge in [-0.25, -0.2) is 14.4 Å². The van der Waals surface area contributed by atoms with Crippen LogP contribution < -0.4 is 4.90 Å². The number of rotatable bonds is 2. The van der Waals surface area contributed by atoms with Crippen LogP contribution in [-0.2, 0) is 0 Å². The monoisotopic (exact) mass is 298 g/mol. The topological polar surface area (TPSA) is 65.0 Å². The number of hydrogen-bond acceptors (Lipinski definition) is 4. The third-order valence-electron chi connectivity index (χ3n) is 3.98. The predicted octanol–water partition coefficient (Wildman–Crippen LogP) is 2.14. The fourth-order valence-electron chi connectivity index (χ4n) is 2.76. The number of nitrogens with zero attached hydrogens (tertiary/aromatic N) is 3. The van der Waals surface area contributed by atoms with E-state index in [-0.39, 0.29) is 13.1 Å². The van der Waals surface area contributed by atoms with Gasteiger partial charge in [-0.1, -0.05) is 18.2 Å². The Morgan fingerprint density at radius 3 is 2.64 bits per heavy atom. The van der Waals surface area contributed by atoms with Crippen molar-refractivity contribution in [3.8, 4) is 11.3 Å². The Bertz CT molecular complexity index is 758. The number of anilines is 1. The minimum Gasteiger partial charge on any atom is -0.388 e. The summed E-state index contributed by atoms with van der Waals surface area (Å²) in [7, 11) is 0. The Morgan fingerprint density at radius 2 is 1.95 bits per heavy atom. The smallest absolute Gasteiger partial charge is 0.225 e. The molecule has 4 rings (SSSR count). The van der Waals surface area contributed by atoms with Gasteiger partial charge < -0.3 is 15.0 Å². The van der Waals surface area contributed by atoms with Crippen LogP contribution in [0, 0.1) is 0 Å². The Balaban J connectivity index is 1.61. The third-order valence-corrected chi connectivity index (χ3v) is 3.98. The van der Waals surface area contributed by atoms with E-state index in [4.69, 9.17) is 0 Å². The number of aliphatic hydroxyl groups excluding tert-OH is 1. The van der Waals surface area contributed by atoms with Crippen LogP contribution in [0.15, 0.2) is 42.7 Å². The number of halogens is 1. The molecule has 22 heavy (non-hydrogen) atoms. The first-order valence-corrected chi connectivity index (χ1v) is 7.18. The number of benzene rings is 1. The van der Waals surface area contributed by atoms with E-state index >= 15 is 0 Å². The lowest BCUT2D eigenvalue weighted by Gasteiger charge is -2.14. The van der Waals surface area contributed by atoms with E-state index in [0.717, 1.165) is 22.2 Å². The summed E-state index contributed by atoms with van der Waals surface area (Å²) in [5.41, 5.74) is 2.87. The molecule has 112 valence electrons. The molecule has 3 heterocycles. The fourth-order valence-corrected chi connectivity index (χ4v) is 2.76. The second-order valence-electron chi connectivity index (χ2n) is 5.53. The average molecular weight is 298 g/mol. The van der Waals surface area contributed by atoms with Gasteiger partial charge in [0.2, 0.25) is 5.95 Å². The normalized spacial score (nSPS) is 21.6. The molecule has 0 aliphatic carbocycles. The molecule has 1 fully saturated rings. The Morgan fingerprint density at radius 1 is 1.18 bits per heavy atom. The highest BCUT2D eigenvalue weighted by Gasteiger charge is 2.32. The minimum absolute atomic E-state index is 0.132. The third kappa shape index (κ3) is 2.21. The van der Waals surface area contributed by atoms with Crippen LogP contribution in [0.1, 0.15) is 0 Å². The minimum atomic E-state index is -1.24. The average Bonchev–Trinajstić information content (AvgIpc) is 3.11. The number of fused-ring (bicyclic) bond motifs is 1. The van der Waals surface area contributed by atoms with E-state index in [9.17, 15) is 9.50 Å². The standard InChI is InChI=1S/C16H15FN4O/c17-12-8-21(9-15(12)22)16-18-6-11(7-19-16)14-5-10-3-1-2-4-13(10)20-14/h1-7,12,15,20,22H,8-9H2. The number of para-hydroxylation sites is 1. The van der Waals surface area contributed by atoms with Gasteiger partial charge in [0.15, 0.2) is 0 Å². The number of aromatic amines is 1. The second kappa shape index (κ2) is 5.06. The highest BCUT2D eigenvalue weighted by atomic mass is 19.1. The van der Waals surface area contributed by atoms with Crippen molar-refractivity contribution in [1.82, 2.24) is 15.0 Å². The van der Waals surface area contributed by atoms with Crippen molar-refractivity contribution >= 4 is 16.9 Å². The van der Waals surface area contributed by atoms with Gasteiger partial charge in [-0.3, -0.25) is 0 Å². The van der Waals surface area contributed by atoms with E-state index in [0.29, 0.717) is 5.95 Å². The van der Waals surface area contributed by atoms with Crippen molar-refractivity contribution in [3.63, 3.8) is 0 Å². The van der Waals surface area contributed by atoms with E-state index in [1.54, 1.807) is 17.3 Å². The molecule has 5 nitrogen and oxygen atoms in total. The summed E-state index contributed by atoms with van der Waals surface area (Å²) in [6.07, 6.45) is 1.23. The van der Waals surface area contributed by atoms with Crippen LogP contribution in [0.4, 0.5) is 10.3 Å². The molecule has 0 bridgehead atoms. The molecule has 0 spiro atoms. The molecule has 1 aliphatic heterocycles. The number of hydrogen-bond donors (Lipinski definition) is 2. The first-order chi connectivity index (χ1) is 10.7. The molecular formula is C16H15FN4O. The summed E-state index contributed by atoms with van der Waals surface area (Å²) < 4.78 is 13.4. The molecule has 2 aromatic heterocycles. The highest BCUT2D eigenvalue weighted by Crippen LogP contribution is 2.24. The predicted molar refractivity (Wildman–Crippen MR) is 82.4 cm³/mol. The van der Waals surface area contributed by atoms with Gasteiger partial charge >= 0.3 is 0 Å². The summed E-state index contributed by atoms with van der Waals surface area (Å²) in [5.74, 6) is 0.444. The van der Waals surface area contributed by atoms with Gasteiger partial charge in [-0.15, -0.1) is 0 Å². The molecule has 1 saturated heterocycles. The first kappa shape index (κ1) is 13.2. The quantitative estimate of drug-likeness (QED) is 0.761. The molecule has 0 radical (unpaired) electrons. The van der Waals surface area contributed by atoms with Crippen molar-refractivity contribution in [2.45, 2.75) is 12.3 Å². The summed E-state index contributed by atoms with van der Waals surface area (Å²) in [5, 5.41) is 10.6. The van der Waals surface area contributed by atoms with Crippen LogP contribution in [0.25, 0.3) is 22.2 Å². The van der Waals surface area contributed by atoms with E-state index in [2.05, 4.69) is 15.0 Å². The molecule has 2 N–H and O–H groups in total. The van der Waals surface area contributed by atoms with Crippen molar-refractivity contribution in [3.05, 3.63) is 42.7 Å². The van der Waals surface area contributed by atoms with Gasteiger partial charge in [0.05, 0.1) is 6.54 Å². The van der Waals surface area contributed by atoms with Crippen molar-refractivity contribution < 1.29 is 9.50 Å². The van der Waals surface area contributed by atoms with Crippen LogP contribution in [-0.4, -0.2) is 45.4 Å². The van der Waals surface area contributed by atoms with Gasteiger partial charge in [-0.2, -0.15) is 0 Å². The summed E-state index contributed by atoms with van der Waals surface area (Å²) in [6, 6.07) is 10.1. The fraction of sp³-hybridized carbons (Fsp3) is 0.250. The number of H-pyrrole nitrogens is 1. The maximum atomic E-state index is 13.4. The molecule has 1 aromatic carbocycles. The van der Waals surface area contributed by atoms with Crippen LogP contribution in [0.5, 0.6) is 0 Å². The summed E-state index contributed by atoms with van der Waals surface area (Å²) in [6.45, 7) is 0.361. The second-order valence-corrected chi connectivity index (χ2v) is 5.53. The number of nitrogens with one attached hydrogen (secondary N) is 1. The molecule has 2 unspecified atom stereocenters. The molecule has 0 saturated carbocycles. The number of alkyl halides is 1. The van der Waals surface area contributed by atoms with Crippen molar-refractivity contribution in [2.75, 3.05) is 18.0 Å². The lowest BCUT2D eigenvalue weighted by molar-refractivity contribution is 0.118. The van der Waals surface area contributed by atoms with Gasteiger partial charge in [0, 0.05) is 41.1 Å². The Kier molecular flexibility index (Phi) is 3.04. The molecular weight excluding hydrogens is 283 g/mol. The van der Waals surface area contributed by atoms with Gasteiger partial charge in [0.1, 0.15) is 12.3 Å². The van der Waals surface area contributed by atoms with Crippen molar-refractivity contribution in [1.29, 1.82) is 0 Å². The number of aromatic nitrogens is 3. The zero-order valence-corrected chi connectivity index (χ0v) is 11.8. The zero-order chi connectivity index (χ0) is 15.1. The molecule has 6 heteroatoms. The highest BCUT2D eigenvalue weighted by molar-refractivity contribution is 5.85.